The second kappa shape index (κ2) is 8.61. The van der Waals surface area contributed by atoms with Gasteiger partial charge in [-0.1, -0.05) is 0 Å². The van der Waals surface area contributed by atoms with E-state index in [0.717, 1.165) is 12.1 Å². The maximum atomic E-state index is 13.6. The smallest absolute Gasteiger partial charge is 0.416 e. The van der Waals surface area contributed by atoms with Crippen molar-refractivity contribution in [3.05, 3.63) is 33.6 Å². The highest BCUT2D eigenvalue weighted by Crippen LogP contribution is 2.35. The third-order valence-electron chi connectivity index (χ3n) is 5.11. The van der Waals surface area contributed by atoms with Crippen LogP contribution in [0.2, 0.25) is 0 Å². The van der Waals surface area contributed by atoms with Crippen molar-refractivity contribution in [2.24, 2.45) is 7.05 Å². The molecule has 1 aromatic carbocycles. The van der Waals surface area contributed by atoms with Crippen LogP contribution >= 0.6 is 0 Å². The number of hydrogen-bond donors (Lipinski definition) is 1. The van der Waals surface area contributed by atoms with Crippen molar-refractivity contribution in [3.63, 3.8) is 0 Å². The molecule has 0 bridgehead atoms. The summed E-state index contributed by atoms with van der Waals surface area (Å²) in [7, 11) is 1.50. The van der Waals surface area contributed by atoms with Crippen LogP contribution in [0.1, 0.15) is 44.9 Å². The number of alkyl halides is 3. The van der Waals surface area contributed by atoms with Crippen molar-refractivity contribution < 1.29 is 22.5 Å². The second-order valence-corrected chi connectivity index (χ2v) is 10.6. The van der Waals surface area contributed by atoms with Crippen LogP contribution in [0.5, 0.6) is 0 Å². The van der Waals surface area contributed by atoms with Crippen molar-refractivity contribution in [1.29, 1.82) is 0 Å². The molecule has 1 aromatic heterocycles. The summed E-state index contributed by atoms with van der Waals surface area (Å²) in [6.07, 6.45) is -4.64. The lowest BCUT2D eigenvalue weighted by Crippen LogP contribution is -2.41. The van der Waals surface area contributed by atoms with Crippen molar-refractivity contribution in [1.82, 2.24) is 14.3 Å². The van der Waals surface area contributed by atoms with Crippen LogP contribution in [0.3, 0.4) is 0 Å². The number of morpholine rings is 1. The molecule has 1 saturated heterocycles. The van der Waals surface area contributed by atoms with Gasteiger partial charge >= 0.3 is 6.18 Å². The number of anilines is 1. The van der Waals surface area contributed by atoms with Gasteiger partial charge in [-0.05, 0) is 39.8 Å². The molecule has 7 nitrogen and oxygen atoms in total. The molecule has 0 amide bonds. The van der Waals surface area contributed by atoms with E-state index in [9.17, 15) is 22.5 Å². The Morgan fingerprint density at radius 3 is 2.39 bits per heavy atom. The van der Waals surface area contributed by atoms with E-state index in [-0.39, 0.29) is 16.5 Å². The Bertz CT molecular complexity index is 1010. The zero-order chi connectivity index (χ0) is 23.1. The third-order valence-corrected chi connectivity index (χ3v) is 6.79. The quantitative estimate of drug-likeness (QED) is 0.707. The minimum absolute atomic E-state index is 0.125. The molecule has 172 valence electrons. The summed E-state index contributed by atoms with van der Waals surface area (Å²) in [5.74, 6) is 0.367. The van der Waals surface area contributed by atoms with Gasteiger partial charge in [-0.2, -0.15) is 13.2 Å². The van der Waals surface area contributed by atoms with Crippen LogP contribution in [-0.2, 0) is 29.3 Å². The van der Waals surface area contributed by atoms with Crippen LogP contribution in [-0.4, -0.2) is 45.2 Å². The summed E-state index contributed by atoms with van der Waals surface area (Å²) in [5.41, 5.74) is -1.16. The monoisotopic (exact) mass is 460 g/mol. The van der Waals surface area contributed by atoms with E-state index in [0.29, 0.717) is 32.3 Å². The first-order valence-corrected chi connectivity index (χ1v) is 11.1. The summed E-state index contributed by atoms with van der Waals surface area (Å²) >= 11 is -1.53. The van der Waals surface area contributed by atoms with Crippen molar-refractivity contribution >= 4 is 28.2 Å². The average molecular weight is 461 g/mol. The Morgan fingerprint density at radius 1 is 1.23 bits per heavy atom. The van der Waals surface area contributed by atoms with Gasteiger partial charge in [-0.3, -0.25) is 9.36 Å². The molecule has 1 aliphatic rings. The molecule has 1 unspecified atom stereocenters. The molecule has 1 N–H and O–H groups in total. The first-order valence-electron chi connectivity index (χ1n) is 9.93. The molecule has 2 atom stereocenters. The van der Waals surface area contributed by atoms with Crippen molar-refractivity contribution in [3.8, 4) is 0 Å². The van der Waals surface area contributed by atoms with E-state index in [1.807, 2.05) is 4.90 Å². The zero-order valence-electron chi connectivity index (χ0n) is 18.2. The molecule has 0 aliphatic carbocycles. The molecule has 11 heteroatoms. The Hall–Kier alpha value is -1.82. The minimum Gasteiger partial charge on any atom is -0.598 e. The molecule has 31 heavy (non-hydrogen) atoms. The van der Waals surface area contributed by atoms with Crippen molar-refractivity contribution in [2.45, 2.75) is 44.7 Å². The summed E-state index contributed by atoms with van der Waals surface area (Å²) in [4.78, 5) is 19.5. The molecule has 0 radical (unpaired) electrons. The highest BCUT2D eigenvalue weighted by Gasteiger charge is 2.35. The number of nitrogens with one attached hydrogen (secondary N) is 1. The molecule has 2 aromatic rings. The molecule has 0 saturated carbocycles. The minimum atomic E-state index is -4.64. The van der Waals surface area contributed by atoms with Crippen molar-refractivity contribution in [2.75, 3.05) is 31.2 Å². The van der Waals surface area contributed by atoms with Gasteiger partial charge in [-0.25, -0.2) is 4.98 Å². The van der Waals surface area contributed by atoms with Crippen LogP contribution < -0.4 is 15.2 Å². The topological polar surface area (TPSA) is 82.5 Å². The van der Waals surface area contributed by atoms with E-state index in [1.165, 1.54) is 11.6 Å². The Balaban J connectivity index is 2.21. The summed E-state index contributed by atoms with van der Waals surface area (Å²) in [5, 5.41) is -0.125. The molecule has 1 fully saturated rings. The number of benzene rings is 1. The van der Waals surface area contributed by atoms with Crippen LogP contribution in [0.25, 0.3) is 10.9 Å². The second-order valence-electron chi connectivity index (χ2n) is 8.56. The number of nitrogens with zero attached hydrogens (tertiary/aromatic N) is 3. The summed E-state index contributed by atoms with van der Waals surface area (Å²) in [6, 6.07) is 1.09. The Kier molecular flexibility index (Phi) is 6.62. The largest absolute Gasteiger partial charge is 0.598 e. The fraction of sp³-hybridized carbons (Fsp3) is 0.600. The van der Waals surface area contributed by atoms with E-state index in [4.69, 9.17) is 4.74 Å². The normalized spacial score (nSPS) is 17.8. The SMILES string of the molecule is C[C@@H](N[S+]([O-])C(C)(C)C)c1cc(C(F)(F)F)cc2c(=O)n(C)c(N3CCOCC3)nc12. The van der Waals surface area contributed by atoms with Gasteiger partial charge in [0.05, 0.1) is 35.7 Å². The molecule has 0 spiro atoms. The molecule has 1 aliphatic heterocycles. The fourth-order valence-corrected chi connectivity index (χ4v) is 4.13. The van der Waals surface area contributed by atoms with Gasteiger partial charge < -0.3 is 14.2 Å². The van der Waals surface area contributed by atoms with E-state index >= 15 is 0 Å². The predicted molar refractivity (Wildman–Crippen MR) is 114 cm³/mol. The highest BCUT2D eigenvalue weighted by atomic mass is 32.2. The lowest BCUT2D eigenvalue weighted by molar-refractivity contribution is -0.137. The molecule has 3 rings (SSSR count). The molecule has 2 heterocycles. The van der Waals surface area contributed by atoms with Crippen LogP contribution in [0.15, 0.2) is 16.9 Å². The number of rotatable bonds is 4. The third kappa shape index (κ3) is 5.00. The highest BCUT2D eigenvalue weighted by molar-refractivity contribution is 7.90. The number of ether oxygens (including phenoxy) is 1. The lowest BCUT2D eigenvalue weighted by Gasteiger charge is -2.30. The number of aromatic nitrogens is 2. The van der Waals surface area contributed by atoms with Gasteiger partial charge in [0.2, 0.25) is 5.95 Å². The first kappa shape index (κ1) is 23.8. The average Bonchev–Trinajstić information content (AvgIpc) is 2.69. The summed E-state index contributed by atoms with van der Waals surface area (Å²) < 4.78 is 62.2. The fourth-order valence-electron chi connectivity index (χ4n) is 3.33. The molecular weight excluding hydrogens is 433 g/mol. The summed E-state index contributed by atoms with van der Waals surface area (Å²) in [6.45, 7) is 8.87. The maximum absolute atomic E-state index is 13.6. The maximum Gasteiger partial charge on any atom is 0.416 e. The van der Waals surface area contributed by atoms with Gasteiger partial charge in [0.25, 0.3) is 5.56 Å². The predicted octanol–water partition coefficient (Wildman–Crippen LogP) is 2.90. The van der Waals surface area contributed by atoms with E-state index < -0.39 is 39.4 Å². The van der Waals surface area contributed by atoms with Gasteiger partial charge in [-0.15, -0.1) is 4.72 Å². The molecular formula is C20H27F3N4O3S. The standard InChI is InChI=1S/C20H27F3N4O3S/c1-12(25-31(29)19(2,3)4)14-10-13(20(21,22)23)11-15-16(14)24-18(26(5)17(15)28)27-6-8-30-9-7-27/h10-12,25H,6-9H2,1-5H3/t12-,31?/m1/s1. The number of fused-ring (bicyclic) bond motifs is 1. The van der Waals surface area contributed by atoms with Gasteiger partial charge in [0, 0.05) is 37.1 Å². The van der Waals surface area contributed by atoms with Gasteiger partial charge in [0.15, 0.2) is 0 Å². The first-order chi connectivity index (χ1) is 14.3. The zero-order valence-corrected chi connectivity index (χ0v) is 19.0. The van der Waals surface area contributed by atoms with Crippen LogP contribution in [0, 0.1) is 0 Å². The Morgan fingerprint density at radius 2 is 1.84 bits per heavy atom. The van der Waals surface area contributed by atoms with Gasteiger partial charge in [0.1, 0.15) is 4.75 Å². The van der Waals surface area contributed by atoms with E-state index in [1.54, 1.807) is 27.7 Å². The lowest BCUT2D eigenvalue weighted by atomic mass is 10.0. The Labute approximate surface area is 181 Å². The van der Waals surface area contributed by atoms with Crippen LogP contribution in [0.4, 0.5) is 19.1 Å². The van der Waals surface area contributed by atoms with E-state index in [2.05, 4.69) is 9.71 Å². The number of halogens is 3. The number of hydrogen-bond acceptors (Lipinski definition) is 6.